The average Bonchev–Trinajstić information content (AvgIpc) is 2.35. The number of nitriles is 1. The van der Waals surface area contributed by atoms with Crippen LogP contribution in [0.3, 0.4) is 0 Å². The Hall–Kier alpha value is -1.77. The highest BCUT2D eigenvalue weighted by atomic mass is 35.5. The Labute approximate surface area is 109 Å². The Morgan fingerprint density at radius 1 is 1.61 bits per heavy atom. The molecule has 1 rings (SSSR count). The summed E-state index contributed by atoms with van der Waals surface area (Å²) in [6.07, 6.45) is 0. The molecule has 18 heavy (non-hydrogen) atoms. The van der Waals surface area contributed by atoms with E-state index in [-0.39, 0.29) is 17.9 Å². The second kappa shape index (κ2) is 5.71. The number of esters is 1. The largest absolute Gasteiger partial charge is 0.489 e. The van der Waals surface area contributed by atoms with E-state index in [2.05, 4.69) is 4.74 Å². The van der Waals surface area contributed by atoms with Crippen molar-refractivity contribution in [3.05, 3.63) is 28.8 Å². The molecule has 6 heteroatoms. The van der Waals surface area contributed by atoms with Crippen LogP contribution in [0.15, 0.2) is 18.2 Å². The fourth-order valence-electron chi connectivity index (χ4n) is 1.21. The van der Waals surface area contributed by atoms with E-state index in [1.165, 1.54) is 19.1 Å². The van der Waals surface area contributed by atoms with E-state index >= 15 is 0 Å². The topological polar surface area (TPSA) is 79.6 Å². The van der Waals surface area contributed by atoms with Gasteiger partial charge in [-0.3, -0.25) is 0 Å². The van der Waals surface area contributed by atoms with Gasteiger partial charge in [0.05, 0.1) is 12.7 Å². The van der Waals surface area contributed by atoms with Crippen molar-refractivity contribution in [2.75, 3.05) is 13.7 Å². The second-order valence-corrected chi connectivity index (χ2v) is 4.24. The SMILES string of the molecule is COC(=O)C(C)(O)COc1cc(Cl)ccc1C#N. The molecule has 1 aromatic carbocycles. The zero-order valence-corrected chi connectivity index (χ0v) is 10.7. The Bertz CT molecular complexity index is 493. The fraction of sp³-hybridized carbons (Fsp3) is 0.333. The Balaban J connectivity index is 2.84. The van der Waals surface area contributed by atoms with Crippen molar-refractivity contribution in [3.8, 4) is 11.8 Å². The van der Waals surface area contributed by atoms with E-state index in [0.717, 1.165) is 7.11 Å². The zero-order chi connectivity index (χ0) is 13.8. The van der Waals surface area contributed by atoms with Crippen LogP contribution in [0.5, 0.6) is 5.75 Å². The molecule has 0 heterocycles. The Morgan fingerprint density at radius 2 is 2.28 bits per heavy atom. The van der Waals surface area contributed by atoms with Gasteiger partial charge in [-0.1, -0.05) is 11.6 Å². The first kappa shape index (κ1) is 14.3. The van der Waals surface area contributed by atoms with Gasteiger partial charge < -0.3 is 14.6 Å². The van der Waals surface area contributed by atoms with Crippen molar-refractivity contribution in [1.82, 2.24) is 0 Å². The van der Waals surface area contributed by atoms with Gasteiger partial charge in [0.1, 0.15) is 18.4 Å². The smallest absolute Gasteiger partial charge is 0.341 e. The number of hydrogen-bond donors (Lipinski definition) is 1. The summed E-state index contributed by atoms with van der Waals surface area (Å²) in [6, 6.07) is 6.40. The van der Waals surface area contributed by atoms with E-state index in [4.69, 9.17) is 21.6 Å². The number of carbonyl (C=O) groups excluding carboxylic acids is 1. The molecule has 0 saturated heterocycles. The van der Waals surface area contributed by atoms with Gasteiger partial charge in [0.2, 0.25) is 0 Å². The van der Waals surface area contributed by atoms with E-state index < -0.39 is 11.6 Å². The van der Waals surface area contributed by atoms with Crippen LogP contribution in [0, 0.1) is 11.3 Å². The predicted octanol–water partition coefficient (Wildman–Crippen LogP) is 1.51. The van der Waals surface area contributed by atoms with Crippen LogP contribution in [0.1, 0.15) is 12.5 Å². The van der Waals surface area contributed by atoms with E-state index in [9.17, 15) is 9.90 Å². The molecule has 0 radical (unpaired) electrons. The van der Waals surface area contributed by atoms with Crippen molar-refractivity contribution < 1.29 is 19.4 Å². The molecule has 0 saturated carbocycles. The summed E-state index contributed by atoms with van der Waals surface area (Å²) in [7, 11) is 1.16. The lowest BCUT2D eigenvalue weighted by atomic mass is 10.1. The predicted molar refractivity (Wildman–Crippen MR) is 64.3 cm³/mol. The first-order valence-electron chi connectivity index (χ1n) is 5.04. The summed E-state index contributed by atoms with van der Waals surface area (Å²) in [6.45, 7) is 0.921. The zero-order valence-electron chi connectivity index (χ0n) is 9.94. The third-order valence-electron chi connectivity index (χ3n) is 2.20. The van der Waals surface area contributed by atoms with Gasteiger partial charge in [-0.05, 0) is 19.1 Å². The number of aliphatic hydroxyl groups is 1. The molecule has 0 fully saturated rings. The molecule has 1 N–H and O–H groups in total. The summed E-state index contributed by atoms with van der Waals surface area (Å²) >= 11 is 5.77. The molecule has 0 aliphatic rings. The lowest BCUT2D eigenvalue weighted by molar-refractivity contribution is -0.163. The molecular formula is C12H12ClNO4. The van der Waals surface area contributed by atoms with Crippen molar-refractivity contribution in [2.24, 2.45) is 0 Å². The third kappa shape index (κ3) is 3.36. The van der Waals surface area contributed by atoms with E-state index in [1.54, 1.807) is 6.07 Å². The Morgan fingerprint density at radius 3 is 2.83 bits per heavy atom. The number of halogens is 1. The van der Waals surface area contributed by atoms with Crippen LogP contribution in [-0.4, -0.2) is 30.4 Å². The number of ether oxygens (including phenoxy) is 2. The lowest BCUT2D eigenvalue weighted by Crippen LogP contribution is -2.42. The second-order valence-electron chi connectivity index (χ2n) is 3.81. The van der Waals surface area contributed by atoms with Gasteiger partial charge in [-0.25, -0.2) is 4.79 Å². The maximum atomic E-state index is 11.2. The number of carbonyl (C=O) groups is 1. The molecule has 1 unspecified atom stereocenters. The van der Waals surface area contributed by atoms with Gasteiger partial charge in [-0.15, -0.1) is 0 Å². The van der Waals surface area contributed by atoms with Gasteiger partial charge in [0.15, 0.2) is 5.60 Å². The molecule has 0 aromatic heterocycles. The first-order chi connectivity index (χ1) is 8.40. The summed E-state index contributed by atoms with van der Waals surface area (Å²) in [4.78, 5) is 11.2. The first-order valence-corrected chi connectivity index (χ1v) is 5.42. The van der Waals surface area contributed by atoms with Crippen molar-refractivity contribution in [3.63, 3.8) is 0 Å². The van der Waals surface area contributed by atoms with E-state index in [0.29, 0.717) is 5.02 Å². The molecule has 96 valence electrons. The van der Waals surface area contributed by atoms with Crippen LogP contribution >= 0.6 is 11.6 Å². The highest BCUT2D eigenvalue weighted by Crippen LogP contribution is 2.23. The van der Waals surface area contributed by atoms with Gasteiger partial charge in [0.25, 0.3) is 0 Å². The molecule has 0 bridgehead atoms. The number of benzene rings is 1. The number of rotatable bonds is 4. The van der Waals surface area contributed by atoms with Crippen LogP contribution in [0.2, 0.25) is 5.02 Å². The molecule has 0 spiro atoms. The molecule has 1 atom stereocenters. The summed E-state index contributed by atoms with van der Waals surface area (Å²) in [5.74, 6) is -0.614. The number of methoxy groups -OCH3 is 1. The minimum absolute atomic E-state index is 0.203. The highest BCUT2D eigenvalue weighted by Gasteiger charge is 2.32. The standard InChI is InChI=1S/C12H12ClNO4/c1-12(16,11(15)17-2)7-18-10-5-9(13)4-3-8(10)6-14/h3-5,16H,7H2,1-2H3. The van der Waals surface area contributed by atoms with Crippen molar-refractivity contribution >= 4 is 17.6 Å². The molecule has 5 nitrogen and oxygen atoms in total. The van der Waals surface area contributed by atoms with Crippen LogP contribution in [0.4, 0.5) is 0 Å². The van der Waals surface area contributed by atoms with Crippen LogP contribution < -0.4 is 4.74 Å². The monoisotopic (exact) mass is 269 g/mol. The molecular weight excluding hydrogens is 258 g/mol. The van der Waals surface area contributed by atoms with Gasteiger partial charge >= 0.3 is 5.97 Å². The maximum absolute atomic E-state index is 11.2. The summed E-state index contributed by atoms with van der Waals surface area (Å²) in [5.41, 5.74) is -1.52. The Kier molecular flexibility index (Phi) is 4.54. The minimum Gasteiger partial charge on any atom is -0.489 e. The fourth-order valence-corrected chi connectivity index (χ4v) is 1.37. The summed E-state index contributed by atoms with van der Waals surface area (Å²) in [5, 5.41) is 19.0. The highest BCUT2D eigenvalue weighted by molar-refractivity contribution is 6.30. The summed E-state index contributed by atoms with van der Waals surface area (Å²) < 4.78 is 9.66. The van der Waals surface area contributed by atoms with Crippen molar-refractivity contribution in [2.45, 2.75) is 12.5 Å². The minimum atomic E-state index is -1.79. The van der Waals surface area contributed by atoms with Crippen molar-refractivity contribution in [1.29, 1.82) is 5.26 Å². The van der Waals surface area contributed by atoms with Gasteiger partial charge in [0, 0.05) is 11.1 Å². The van der Waals surface area contributed by atoms with Gasteiger partial charge in [-0.2, -0.15) is 5.26 Å². The van der Waals surface area contributed by atoms with Crippen LogP contribution in [0.25, 0.3) is 0 Å². The molecule has 0 amide bonds. The lowest BCUT2D eigenvalue weighted by Gasteiger charge is -2.20. The van der Waals surface area contributed by atoms with E-state index in [1.807, 2.05) is 6.07 Å². The molecule has 0 aliphatic carbocycles. The molecule has 1 aromatic rings. The number of hydrogen-bond acceptors (Lipinski definition) is 5. The average molecular weight is 270 g/mol. The van der Waals surface area contributed by atoms with Crippen LogP contribution in [-0.2, 0) is 9.53 Å². The quantitative estimate of drug-likeness (QED) is 0.838. The molecule has 0 aliphatic heterocycles. The normalized spacial score (nSPS) is 13.3. The maximum Gasteiger partial charge on any atom is 0.341 e. The number of nitrogens with zero attached hydrogens (tertiary/aromatic N) is 1. The third-order valence-corrected chi connectivity index (χ3v) is 2.43.